The normalized spacial score (nSPS) is 15.8. The highest BCUT2D eigenvalue weighted by Crippen LogP contribution is 2.28. The SMILES string of the molecule is c1ccc(CCCCCCCCCCCC2CCCCC2)cc1. The molecule has 23 heavy (non-hydrogen) atoms. The number of unbranched alkanes of at least 4 members (excludes halogenated alkanes) is 8. The Labute approximate surface area is 145 Å². The van der Waals surface area contributed by atoms with Gasteiger partial charge in [-0.3, -0.25) is 0 Å². The molecule has 0 aromatic heterocycles. The van der Waals surface area contributed by atoms with Crippen LogP contribution in [-0.4, -0.2) is 0 Å². The molecule has 0 nitrogen and oxygen atoms in total. The Balaban J connectivity index is 1.30. The molecular formula is C23H38. The number of hydrogen-bond acceptors (Lipinski definition) is 0. The predicted octanol–water partition coefficient (Wildman–Crippen LogP) is 7.71. The molecule has 0 atom stereocenters. The molecule has 1 aliphatic carbocycles. The topological polar surface area (TPSA) is 0 Å². The number of hydrogen-bond donors (Lipinski definition) is 0. The molecule has 1 aliphatic rings. The molecule has 0 N–H and O–H groups in total. The summed E-state index contributed by atoms with van der Waals surface area (Å²) in [6.45, 7) is 0. The van der Waals surface area contributed by atoms with E-state index in [0.29, 0.717) is 0 Å². The second-order valence-electron chi connectivity index (χ2n) is 7.71. The van der Waals surface area contributed by atoms with Crippen molar-refractivity contribution in [1.82, 2.24) is 0 Å². The smallest absolute Gasteiger partial charge is 0.0279 e. The molecule has 0 amide bonds. The van der Waals surface area contributed by atoms with Crippen molar-refractivity contribution in [2.75, 3.05) is 0 Å². The van der Waals surface area contributed by atoms with E-state index in [1.165, 1.54) is 108 Å². The van der Waals surface area contributed by atoms with Gasteiger partial charge < -0.3 is 0 Å². The van der Waals surface area contributed by atoms with Crippen molar-refractivity contribution in [3.63, 3.8) is 0 Å². The fourth-order valence-corrected chi connectivity index (χ4v) is 4.12. The summed E-state index contributed by atoms with van der Waals surface area (Å²) in [5.74, 6) is 1.09. The first-order valence-corrected chi connectivity index (χ1v) is 10.5. The lowest BCUT2D eigenvalue weighted by atomic mass is 9.85. The van der Waals surface area contributed by atoms with Gasteiger partial charge in [-0.2, -0.15) is 0 Å². The predicted molar refractivity (Wildman–Crippen MR) is 103 cm³/mol. The number of rotatable bonds is 12. The fourth-order valence-electron chi connectivity index (χ4n) is 4.12. The Morgan fingerprint density at radius 3 is 1.83 bits per heavy atom. The van der Waals surface area contributed by atoms with Crippen LogP contribution in [0.15, 0.2) is 30.3 Å². The first kappa shape index (κ1) is 18.6. The van der Waals surface area contributed by atoms with Gasteiger partial charge in [-0.15, -0.1) is 0 Å². The summed E-state index contributed by atoms with van der Waals surface area (Å²) in [5, 5.41) is 0. The van der Waals surface area contributed by atoms with E-state index in [1.54, 1.807) is 0 Å². The van der Waals surface area contributed by atoms with Crippen LogP contribution >= 0.6 is 0 Å². The van der Waals surface area contributed by atoms with Crippen molar-refractivity contribution in [3.8, 4) is 0 Å². The summed E-state index contributed by atoms with van der Waals surface area (Å²) in [5.41, 5.74) is 1.51. The largest absolute Gasteiger partial charge is 0.0622 e. The highest BCUT2D eigenvalue weighted by molar-refractivity contribution is 5.14. The third-order valence-electron chi connectivity index (χ3n) is 5.65. The number of aryl methyl sites for hydroxylation is 1. The molecule has 1 fully saturated rings. The zero-order valence-corrected chi connectivity index (χ0v) is 15.3. The van der Waals surface area contributed by atoms with E-state index in [0.717, 1.165) is 5.92 Å². The third-order valence-corrected chi connectivity index (χ3v) is 5.65. The molecule has 0 aliphatic heterocycles. The second kappa shape index (κ2) is 12.6. The van der Waals surface area contributed by atoms with Crippen molar-refractivity contribution in [1.29, 1.82) is 0 Å². The molecule has 0 saturated heterocycles. The molecule has 0 heteroatoms. The van der Waals surface area contributed by atoms with Gasteiger partial charge in [0.05, 0.1) is 0 Å². The zero-order chi connectivity index (χ0) is 16.0. The van der Waals surface area contributed by atoms with Gasteiger partial charge in [0.2, 0.25) is 0 Å². The molecular weight excluding hydrogens is 276 g/mol. The van der Waals surface area contributed by atoms with Gasteiger partial charge in [0, 0.05) is 0 Å². The summed E-state index contributed by atoms with van der Waals surface area (Å²) in [4.78, 5) is 0. The molecule has 0 unspecified atom stereocenters. The lowest BCUT2D eigenvalue weighted by Gasteiger charge is -2.21. The van der Waals surface area contributed by atoms with Crippen LogP contribution in [0.4, 0.5) is 0 Å². The Morgan fingerprint density at radius 2 is 1.17 bits per heavy atom. The van der Waals surface area contributed by atoms with Gasteiger partial charge in [0.15, 0.2) is 0 Å². The van der Waals surface area contributed by atoms with Gasteiger partial charge in [-0.1, -0.05) is 120 Å². The summed E-state index contributed by atoms with van der Waals surface area (Å²) in [7, 11) is 0. The molecule has 1 saturated carbocycles. The van der Waals surface area contributed by atoms with Crippen LogP contribution in [0.5, 0.6) is 0 Å². The monoisotopic (exact) mass is 314 g/mol. The highest BCUT2D eigenvalue weighted by Gasteiger charge is 2.12. The average molecular weight is 315 g/mol. The third kappa shape index (κ3) is 9.18. The van der Waals surface area contributed by atoms with E-state index in [2.05, 4.69) is 30.3 Å². The van der Waals surface area contributed by atoms with Crippen LogP contribution in [0.2, 0.25) is 0 Å². The summed E-state index contributed by atoms with van der Waals surface area (Å²) >= 11 is 0. The maximum Gasteiger partial charge on any atom is -0.0279 e. The van der Waals surface area contributed by atoms with E-state index in [1.807, 2.05) is 0 Å². The molecule has 0 bridgehead atoms. The van der Waals surface area contributed by atoms with Crippen LogP contribution < -0.4 is 0 Å². The number of benzene rings is 1. The van der Waals surface area contributed by atoms with E-state index >= 15 is 0 Å². The van der Waals surface area contributed by atoms with Gasteiger partial charge in [0.25, 0.3) is 0 Å². The molecule has 1 aromatic carbocycles. The van der Waals surface area contributed by atoms with Crippen molar-refractivity contribution >= 4 is 0 Å². The lowest BCUT2D eigenvalue weighted by molar-refractivity contribution is 0.328. The van der Waals surface area contributed by atoms with Crippen LogP contribution in [0.1, 0.15) is 102 Å². The molecule has 130 valence electrons. The minimum atomic E-state index is 1.09. The van der Waals surface area contributed by atoms with Gasteiger partial charge in [-0.05, 0) is 24.3 Å². The van der Waals surface area contributed by atoms with Crippen LogP contribution in [-0.2, 0) is 6.42 Å². The Hall–Kier alpha value is -0.780. The fraction of sp³-hybridized carbons (Fsp3) is 0.739. The average Bonchev–Trinajstić information content (AvgIpc) is 2.61. The minimum absolute atomic E-state index is 1.09. The van der Waals surface area contributed by atoms with Gasteiger partial charge >= 0.3 is 0 Å². The first-order chi connectivity index (χ1) is 11.4. The molecule has 1 aromatic rings. The van der Waals surface area contributed by atoms with E-state index in [4.69, 9.17) is 0 Å². The van der Waals surface area contributed by atoms with Crippen LogP contribution in [0.3, 0.4) is 0 Å². The molecule has 0 radical (unpaired) electrons. The zero-order valence-electron chi connectivity index (χ0n) is 15.3. The standard InChI is InChI=1S/C23H38/c1(2-4-6-10-16-22-18-12-8-13-19-22)3-5-7-11-17-23-20-14-9-15-21-23/h8,12-13,18-19,23H,1-7,9-11,14-17,20-21H2. The molecule has 2 rings (SSSR count). The van der Waals surface area contributed by atoms with Crippen LogP contribution in [0, 0.1) is 5.92 Å². The Morgan fingerprint density at radius 1 is 0.609 bits per heavy atom. The summed E-state index contributed by atoms with van der Waals surface area (Å²) in [6, 6.07) is 10.9. The molecule has 0 spiro atoms. The maximum absolute atomic E-state index is 2.26. The van der Waals surface area contributed by atoms with Gasteiger partial charge in [0.1, 0.15) is 0 Å². The summed E-state index contributed by atoms with van der Waals surface area (Å²) < 4.78 is 0. The maximum atomic E-state index is 2.26. The van der Waals surface area contributed by atoms with E-state index in [-0.39, 0.29) is 0 Å². The van der Waals surface area contributed by atoms with Gasteiger partial charge in [-0.25, -0.2) is 0 Å². The van der Waals surface area contributed by atoms with Crippen LogP contribution in [0.25, 0.3) is 0 Å². The highest BCUT2D eigenvalue weighted by atomic mass is 14.2. The van der Waals surface area contributed by atoms with E-state index < -0.39 is 0 Å². The van der Waals surface area contributed by atoms with Crippen molar-refractivity contribution in [2.45, 2.75) is 103 Å². The first-order valence-electron chi connectivity index (χ1n) is 10.5. The van der Waals surface area contributed by atoms with E-state index in [9.17, 15) is 0 Å². The Bertz CT molecular complexity index is 361. The molecule has 0 heterocycles. The lowest BCUT2D eigenvalue weighted by Crippen LogP contribution is -2.05. The minimum Gasteiger partial charge on any atom is -0.0622 e. The van der Waals surface area contributed by atoms with Crippen molar-refractivity contribution < 1.29 is 0 Å². The summed E-state index contributed by atoms with van der Waals surface area (Å²) in [6.07, 6.45) is 23.5. The van der Waals surface area contributed by atoms with Crippen molar-refractivity contribution in [2.24, 2.45) is 5.92 Å². The quantitative estimate of drug-likeness (QED) is 0.346. The Kier molecular flexibility index (Phi) is 10.2. The second-order valence-corrected chi connectivity index (χ2v) is 7.71. The van der Waals surface area contributed by atoms with Crippen molar-refractivity contribution in [3.05, 3.63) is 35.9 Å².